The summed E-state index contributed by atoms with van der Waals surface area (Å²) in [7, 11) is 0. The Labute approximate surface area is 128 Å². The van der Waals surface area contributed by atoms with Gasteiger partial charge in [0.1, 0.15) is 0 Å². The zero-order valence-electron chi connectivity index (χ0n) is 9.75. The van der Waals surface area contributed by atoms with Crippen LogP contribution in [-0.4, -0.2) is 0 Å². The summed E-state index contributed by atoms with van der Waals surface area (Å²) < 4.78 is 2.22. The maximum atomic E-state index is 3.66. The maximum Gasteiger partial charge on any atom is 0.0525 e. The molecule has 0 fully saturated rings. The molecule has 0 aliphatic heterocycles. The summed E-state index contributed by atoms with van der Waals surface area (Å²) >= 11 is 9.02. The fourth-order valence-corrected chi connectivity index (χ4v) is 4.14. The third kappa shape index (κ3) is 2.51. The lowest BCUT2D eigenvalue weighted by Gasteiger charge is -2.25. The second kappa shape index (κ2) is 5.35. The quantitative estimate of drug-likeness (QED) is 0.691. The Kier molecular flexibility index (Phi) is 3.78. The number of fused-ring (bicyclic) bond motifs is 1. The van der Waals surface area contributed by atoms with Crippen molar-refractivity contribution in [1.82, 2.24) is 0 Å². The Bertz CT molecular complexity index is 565. The van der Waals surface area contributed by atoms with Crippen LogP contribution in [0.15, 0.2) is 38.6 Å². The first-order chi connectivity index (χ1) is 8.74. The van der Waals surface area contributed by atoms with Crippen LogP contribution in [0, 0.1) is 0 Å². The van der Waals surface area contributed by atoms with Crippen molar-refractivity contribution in [3.05, 3.63) is 49.0 Å². The van der Waals surface area contributed by atoms with Crippen LogP contribution in [0.2, 0.25) is 0 Å². The summed E-state index contributed by atoms with van der Waals surface area (Å²) in [5.41, 5.74) is 2.64. The van der Waals surface area contributed by atoms with E-state index in [2.05, 4.69) is 60.8 Å². The van der Waals surface area contributed by atoms with Crippen molar-refractivity contribution in [3.8, 4) is 0 Å². The van der Waals surface area contributed by atoms with Crippen molar-refractivity contribution in [2.45, 2.75) is 25.3 Å². The van der Waals surface area contributed by atoms with Crippen LogP contribution in [0.5, 0.6) is 0 Å². The number of nitrogens with one attached hydrogen (secondary N) is 1. The summed E-state index contributed by atoms with van der Waals surface area (Å²) in [5, 5.41) is 5.87. The molecule has 18 heavy (non-hydrogen) atoms. The summed E-state index contributed by atoms with van der Waals surface area (Å²) in [6.07, 6.45) is 3.73. The van der Waals surface area contributed by atoms with Crippen LogP contribution in [0.4, 0.5) is 5.69 Å². The van der Waals surface area contributed by atoms with Crippen molar-refractivity contribution < 1.29 is 0 Å². The minimum Gasteiger partial charge on any atom is -0.377 e. The highest BCUT2D eigenvalue weighted by Crippen LogP contribution is 2.37. The molecular formula is C14H13Br2NS. The van der Waals surface area contributed by atoms with Gasteiger partial charge >= 0.3 is 0 Å². The smallest absolute Gasteiger partial charge is 0.0525 e. The molecule has 1 aliphatic carbocycles. The predicted octanol–water partition coefficient (Wildman–Crippen LogP) is 5.76. The topological polar surface area (TPSA) is 12.0 Å². The molecule has 0 saturated carbocycles. The molecule has 1 N–H and O–H groups in total. The van der Waals surface area contributed by atoms with Gasteiger partial charge in [0.05, 0.1) is 11.7 Å². The Balaban J connectivity index is 1.88. The van der Waals surface area contributed by atoms with E-state index in [1.165, 1.54) is 24.8 Å². The van der Waals surface area contributed by atoms with Crippen LogP contribution < -0.4 is 5.32 Å². The maximum absolute atomic E-state index is 3.66. The van der Waals surface area contributed by atoms with Gasteiger partial charge in [-0.2, -0.15) is 0 Å². The number of hydrogen-bond acceptors (Lipinski definition) is 2. The first kappa shape index (κ1) is 12.7. The molecule has 1 aromatic heterocycles. The molecule has 4 heteroatoms. The van der Waals surface area contributed by atoms with Crippen LogP contribution in [0.1, 0.15) is 29.3 Å². The molecule has 0 spiro atoms. The molecule has 3 rings (SSSR count). The van der Waals surface area contributed by atoms with Gasteiger partial charge in [-0.05, 0) is 70.4 Å². The second-order valence-electron chi connectivity index (χ2n) is 4.51. The van der Waals surface area contributed by atoms with Crippen LogP contribution in [0.25, 0.3) is 0 Å². The van der Waals surface area contributed by atoms with Crippen LogP contribution >= 0.6 is 43.2 Å². The van der Waals surface area contributed by atoms with E-state index in [9.17, 15) is 0 Å². The van der Waals surface area contributed by atoms with Gasteiger partial charge in [0.25, 0.3) is 0 Å². The molecule has 0 amide bonds. The van der Waals surface area contributed by atoms with Gasteiger partial charge in [-0.15, -0.1) is 11.3 Å². The normalized spacial score (nSPS) is 18.4. The lowest BCUT2D eigenvalue weighted by molar-refractivity contribution is 0.608. The van der Waals surface area contributed by atoms with E-state index in [0.29, 0.717) is 6.04 Å². The Morgan fingerprint density at radius 2 is 2.11 bits per heavy atom. The van der Waals surface area contributed by atoms with Crippen molar-refractivity contribution >= 4 is 48.9 Å². The summed E-state index contributed by atoms with van der Waals surface area (Å²) in [4.78, 5) is 1.55. The minimum absolute atomic E-state index is 0.450. The zero-order valence-corrected chi connectivity index (χ0v) is 13.7. The minimum atomic E-state index is 0.450. The third-order valence-corrected chi connectivity index (χ3v) is 5.49. The van der Waals surface area contributed by atoms with E-state index in [-0.39, 0.29) is 0 Å². The summed E-state index contributed by atoms with van der Waals surface area (Å²) in [6, 6.07) is 8.97. The van der Waals surface area contributed by atoms with E-state index < -0.39 is 0 Å². The summed E-state index contributed by atoms with van der Waals surface area (Å²) in [5.74, 6) is 0. The average Bonchev–Trinajstić information content (AvgIpc) is 2.83. The molecule has 1 nitrogen and oxygen atoms in total. The number of aryl methyl sites for hydroxylation is 1. The SMILES string of the molecule is Brc1ccc(Br)c(NC2CCCc3sccc32)c1. The van der Waals surface area contributed by atoms with Crippen LogP contribution in [-0.2, 0) is 6.42 Å². The lowest BCUT2D eigenvalue weighted by Crippen LogP contribution is -2.15. The van der Waals surface area contributed by atoms with Crippen molar-refractivity contribution in [3.63, 3.8) is 0 Å². The molecule has 0 radical (unpaired) electrons. The second-order valence-corrected chi connectivity index (χ2v) is 7.28. The number of rotatable bonds is 2. The van der Waals surface area contributed by atoms with E-state index in [1.807, 2.05) is 17.4 Å². The third-order valence-electron chi connectivity index (χ3n) is 3.31. The molecule has 1 aliphatic rings. The number of hydrogen-bond donors (Lipinski definition) is 1. The number of halogens is 2. The van der Waals surface area contributed by atoms with Gasteiger partial charge in [0.2, 0.25) is 0 Å². The molecule has 2 aromatic rings. The standard InChI is InChI=1S/C14H13Br2NS/c15-9-4-5-11(16)13(8-9)17-12-2-1-3-14-10(12)6-7-18-14/h4-8,12,17H,1-3H2. The largest absolute Gasteiger partial charge is 0.377 e. The van der Waals surface area contributed by atoms with Gasteiger partial charge in [0.15, 0.2) is 0 Å². The summed E-state index contributed by atoms with van der Waals surface area (Å²) in [6.45, 7) is 0. The van der Waals surface area contributed by atoms with E-state index in [1.54, 1.807) is 4.88 Å². The van der Waals surface area contributed by atoms with Crippen molar-refractivity contribution in [1.29, 1.82) is 0 Å². The van der Waals surface area contributed by atoms with E-state index in [0.717, 1.165) is 14.6 Å². The molecule has 1 heterocycles. The highest BCUT2D eigenvalue weighted by atomic mass is 79.9. The van der Waals surface area contributed by atoms with E-state index in [4.69, 9.17) is 0 Å². The molecule has 0 saturated heterocycles. The van der Waals surface area contributed by atoms with Crippen LogP contribution in [0.3, 0.4) is 0 Å². The number of anilines is 1. The highest BCUT2D eigenvalue weighted by Gasteiger charge is 2.21. The first-order valence-electron chi connectivity index (χ1n) is 6.02. The fraction of sp³-hybridized carbons (Fsp3) is 0.286. The van der Waals surface area contributed by atoms with Crippen molar-refractivity contribution in [2.75, 3.05) is 5.32 Å². The molecule has 1 atom stereocenters. The van der Waals surface area contributed by atoms with E-state index >= 15 is 0 Å². The van der Waals surface area contributed by atoms with Crippen molar-refractivity contribution in [2.24, 2.45) is 0 Å². The Morgan fingerprint density at radius 3 is 3.00 bits per heavy atom. The average molecular weight is 387 g/mol. The zero-order chi connectivity index (χ0) is 12.5. The predicted molar refractivity (Wildman–Crippen MR) is 85.5 cm³/mol. The molecule has 1 aromatic carbocycles. The number of thiophene rings is 1. The van der Waals surface area contributed by atoms with Gasteiger partial charge in [-0.1, -0.05) is 15.9 Å². The highest BCUT2D eigenvalue weighted by molar-refractivity contribution is 9.11. The number of benzene rings is 1. The van der Waals surface area contributed by atoms with Gasteiger partial charge in [-0.3, -0.25) is 0 Å². The molecule has 1 unspecified atom stereocenters. The first-order valence-corrected chi connectivity index (χ1v) is 8.48. The lowest BCUT2D eigenvalue weighted by atomic mass is 9.94. The Morgan fingerprint density at radius 1 is 1.22 bits per heavy atom. The van der Waals surface area contributed by atoms with Gasteiger partial charge < -0.3 is 5.32 Å². The molecule has 0 bridgehead atoms. The van der Waals surface area contributed by atoms with Gasteiger partial charge in [-0.25, -0.2) is 0 Å². The molecule has 94 valence electrons. The monoisotopic (exact) mass is 385 g/mol. The Hall–Kier alpha value is -0.320. The molecular weight excluding hydrogens is 374 g/mol. The fourth-order valence-electron chi connectivity index (χ4n) is 2.43. The van der Waals surface area contributed by atoms with Gasteiger partial charge in [0, 0.05) is 13.8 Å².